The van der Waals surface area contributed by atoms with E-state index >= 15 is 0 Å². The molecule has 2 fully saturated rings. The third-order valence-corrected chi connectivity index (χ3v) is 2.62. The fourth-order valence-corrected chi connectivity index (χ4v) is 1.86. The smallest absolute Gasteiger partial charge is 0.0620 e. The molecule has 2 rings (SSSR count). The van der Waals surface area contributed by atoms with Crippen LogP contribution in [-0.4, -0.2) is 38.5 Å². The molecule has 1 atom stereocenters. The summed E-state index contributed by atoms with van der Waals surface area (Å²) in [5.74, 6) is 0. The number of ether oxygens (including phenoxy) is 2. The highest BCUT2D eigenvalue weighted by molar-refractivity contribution is 4.78. The van der Waals surface area contributed by atoms with Crippen molar-refractivity contribution in [2.24, 2.45) is 0 Å². The first kappa shape index (κ1) is 8.48. The quantitative estimate of drug-likeness (QED) is 0.658. The van der Waals surface area contributed by atoms with Crippen LogP contribution >= 0.6 is 0 Å². The Labute approximate surface area is 73.4 Å². The third kappa shape index (κ3) is 2.19. The fourth-order valence-electron chi connectivity index (χ4n) is 1.86. The molecule has 0 bridgehead atoms. The van der Waals surface area contributed by atoms with Gasteiger partial charge in [0.05, 0.1) is 6.61 Å². The lowest BCUT2D eigenvalue weighted by molar-refractivity contribution is 0.0739. The zero-order valence-electron chi connectivity index (χ0n) is 7.42. The highest BCUT2D eigenvalue weighted by Crippen LogP contribution is 2.10. The van der Waals surface area contributed by atoms with E-state index in [4.69, 9.17) is 9.47 Å². The van der Waals surface area contributed by atoms with Crippen LogP contribution in [-0.2, 0) is 9.47 Å². The molecule has 1 unspecified atom stereocenters. The Hall–Kier alpha value is -0.120. The molecule has 0 aromatic carbocycles. The van der Waals surface area contributed by atoms with E-state index in [-0.39, 0.29) is 0 Å². The zero-order valence-corrected chi connectivity index (χ0v) is 7.42. The van der Waals surface area contributed by atoms with Crippen LogP contribution in [0.5, 0.6) is 0 Å². The average molecular weight is 171 g/mol. The van der Waals surface area contributed by atoms with Crippen molar-refractivity contribution in [1.82, 2.24) is 5.32 Å². The van der Waals surface area contributed by atoms with E-state index in [9.17, 15) is 0 Å². The van der Waals surface area contributed by atoms with Gasteiger partial charge in [-0.1, -0.05) is 0 Å². The molecular weight excluding hydrogens is 154 g/mol. The SMILES string of the molecule is C1CC(NC2CCOC2)CCO1. The Bertz CT molecular complexity index is 128. The number of nitrogens with one attached hydrogen (secondary N) is 1. The molecule has 0 aliphatic carbocycles. The molecule has 0 aromatic heterocycles. The molecule has 0 spiro atoms. The van der Waals surface area contributed by atoms with Gasteiger partial charge >= 0.3 is 0 Å². The maximum Gasteiger partial charge on any atom is 0.0620 e. The second kappa shape index (κ2) is 4.21. The van der Waals surface area contributed by atoms with Crippen molar-refractivity contribution in [3.8, 4) is 0 Å². The highest BCUT2D eigenvalue weighted by atomic mass is 16.5. The normalized spacial score (nSPS) is 32.5. The predicted molar refractivity (Wildman–Crippen MR) is 46.2 cm³/mol. The van der Waals surface area contributed by atoms with Crippen LogP contribution in [0.25, 0.3) is 0 Å². The molecule has 0 aromatic rings. The summed E-state index contributed by atoms with van der Waals surface area (Å²) in [6, 6.07) is 1.28. The van der Waals surface area contributed by atoms with E-state index in [0.29, 0.717) is 12.1 Å². The van der Waals surface area contributed by atoms with Gasteiger partial charge in [0.15, 0.2) is 0 Å². The van der Waals surface area contributed by atoms with E-state index in [1.807, 2.05) is 0 Å². The van der Waals surface area contributed by atoms with Gasteiger partial charge in [-0.3, -0.25) is 0 Å². The van der Waals surface area contributed by atoms with Gasteiger partial charge in [-0.05, 0) is 19.3 Å². The Morgan fingerprint density at radius 2 is 1.50 bits per heavy atom. The number of hydrogen-bond acceptors (Lipinski definition) is 3. The minimum Gasteiger partial charge on any atom is -0.381 e. The Morgan fingerprint density at radius 1 is 0.833 bits per heavy atom. The van der Waals surface area contributed by atoms with Gasteiger partial charge in [0.25, 0.3) is 0 Å². The summed E-state index contributed by atoms with van der Waals surface area (Å²) in [5.41, 5.74) is 0. The van der Waals surface area contributed by atoms with Gasteiger partial charge in [-0.25, -0.2) is 0 Å². The molecule has 2 aliphatic heterocycles. The molecule has 2 aliphatic rings. The molecule has 1 N–H and O–H groups in total. The zero-order chi connectivity index (χ0) is 8.23. The summed E-state index contributed by atoms with van der Waals surface area (Å²) < 4.78 is 10.6. The monoisotopic (exact) mass is 171 g/mol. The van der Waals surface area contributed by atoms with Crippen molar-refractivity contribution in [1.29, 1.82) is 0 Å². The molecule has 2 saturated heterocycles. The molecule has 3 heteroatoms. The summed E-state index contributed by atoms with van der Waals surface area (Å²) in [4.78, 5) is 0. The lowest BCUT2D eigenvalue weighted by Gasteiger charge is -2.25. The molecule has 3 nitrogen and oxygen atoms in total. The first-order valence-electron chi connectivity index (χ1n) is 4.87. The van der Waals surface area contributed by atoms with Gasteiger partial charge in [0.1, 0.15) is 0 Å². The van der Waals surface area contributed by atoms with Crippen LogP contribution in [0.15, 0.2) is 0 Å². The standard InChI is InChI=1S/C9H17NO2/c1-4-11-5-2-8(1)10-9-3-6-12-7-9/h8-10H,1-7H2. The van der Waals surface area contributed by atoms with Crippen LogP contribution < -0.4 is 5.32 Å². The van der Waals surface area contributed by atoms with E-state index < -0.39 is 0 Å². The minimum atomic E-state index is 0.605. The van der Waals surface area contributed by atoms with Crippen molar-refractivity contribution in [2.45, 2.75) is 31.3 Å². The molecule has 0 amide bonds. The van der Waals surface area contributed by atoms with Crippen molar-refractivity contribution in [2.75, 3.05) is 26.4 Å². The second-order valence-electron chi connectivity index (χ2n) is 3.61. The summed E-state index contributed by atoms with van der Waals surface area (Å²) in [6.45, 7) is 3.68. The highest BCUT2D eigenvalue weighted by Gasteiger charge is 2.20. The maximum atomic E-state index is 5.30. The molecule has 2 heterocycles. The van der Waals surface area contributed by atoms with Crippen molar-refractivity contribution < 1.29 is 9.47 Å². The van der Waals surface area contributed by atoms with Gasteiger partial charge in [-0.2, -0.15) is 0 Å². The van der Waals surface area contributed by atoms with E-state index in [2.05, 4.69) is 5.32 Å². The summed E-state index contributed by atoms with van der Waals surface area (Å²) >= 11 is 0. The number of hydrogen-bond donors (Lipinski definition) is 1. The van der Waals surface area contributed by atoms with E-state index in [1.165, 1.54) is 6.42 Å². The molecular formula is C9H17NO2. The van der Waals surface area contributed by atoms with Gasteiger partial charge < -0.3 is 14.8 Å². The Morgan fingerprint density at radius 3 is 2.17 bits per heavy atom. The molecule has 0 saturated carbocycles. The van der Waals surface area contributed by atoms with E-state index in [1.54, 1.807) is 0 Å². The van der Waals surface area contributed by atoms with Crippen molar-refractivity contribution >= 4 is 0 Å². The van der Waals surface area contributed by atoms with E-state index in [0.717, 1.165) is 39.3 Å². The Kier molecular flexibility index (Phi) is 2.98. The van der Waals surface area contributed by atoms with Crippen LogP contribution in [0, 0.1) is 0 Å². The van der Waals surface area contributed by atoms with Crippen LogP contribution in [0.2, 0.25) is 0 Å². The van der Waals surface area contributed by atoms with Gasteiger partial charge in [0.2, 0.25) is 0 Å². The second-order valence-corrected chi connectivity index (χ2v) is 3.61. The molecule has 12 heavy (non-hydrogen) atoms. The largest absolute Gasteiger partial charge is 0.381 e. The third-order valence-electron chi connectivity index (χ3n) is 2.62. The average Bonchev–Trinajstić information content (AvgIpc) is 2.59. The molecule has 0 radical (unpaired) electrons. The topological polar surface area (TPSA) is 30.5 Å². The van der Waals surface area contributed by atoms with Crippen LogP contribution in [0.3, 0.4) is 0 Å². The summed E-state index contributed by atoms with van der Waals surface area (Å²) in [7, 11) is 0. The van der Waals surface area contributed by atoms with Gasteiger partial charge in [0, 0.05) is 31.9 Å². The number of rotatable bonds is 2. The fraction of sp³-hybridized carbons (Fsp3) is 1.00. The minimum absolute atomic E-state index is 0.605. The van der Waals surface area contributed by atoms with Crippen molar-refractivity contribution in [3.05, 3.63) is 0 Å². The van der Waals surface area contributed by atoms with Gasteiger partial charge in [-0.15, -0.1) is 0 Å². The molecule has 70 valence electrons. The summed E-state index contributed by atoms with van der Waals surface area (Å²) in [5, 5.41) is 3.61. The summed E-state index contributed by atoms with van der Waals surface area (Å²) in [6.07, 6.45) is 3.50. The van der Waals surface area contributed by atoms with Crippen molar-refractivity contribution in [3.63, 3.8) is 0 Å². The first-order valence-corrected chi connectivity index (χ1v) is 4.87. The first-order chi connectivity index (χ1) is 5.95. The Balaban J connectivity index is 1.69. The maximum absolute atomic E-state index is 5.30. The lowest BCUT2D eigenvalue weighted by atomic mass is 10.1. The van der Waals surface area contributed by atoms with Crippen LogP contribution in [0.4, 0.5) is 0 Å². The lowest BCUT2D eigenvalue weighted by Crippen LogP contribution is -2.41. The predicted octanol–water partition coefficient (Wildman–Crippen LogP) is 0.544. The van der Waals surface area contributed by atoms with Crippen LogP contribution in [0.1, 0.15) is 19.3 Å².